The minimum absolute atomic E-state index is 0.870. The second kappa shape index (κ2) is 3.27. The second-order valence-corrected chi connectivity index (χ2v) is 22.4. The average molecular weight is 186 g/mol. The van der Waals surface area contributed by atoms with E-state index in [1.54, 1.807) is 0 Å². The fourth-order valence-corrected chi connectivity index (χ4v) is 5.56. The van der Waals surface area contributed by atoms with Gasteiger partial charge in [-0.3, -0.25) is 0 Å². The van der Waals surface area contributed by atoms with E-state index in [4.69, 9.17) is 0 Å². The van der Waals surface area contributed by atoms with Crippen molar-refractivity contribution in [3.8, 4) is 0 Å². The highest BCUT2D eigenvalue weighted by atomic mass is 29.3. The van der Waals surface area contributed by atoms with E-state index in [-0.39, 0.29) is 0 Å². The van der Waals surface area contributed by atoms with Crippen LogP contribution in [0.25, 0.3) is 0 Å². The summed E-state index contributed by atoms with van der Waals surface area (Å²) in [7, 11) is -1.80. The van der Waals surface area contributed by atoms with Crippen LogP contribution in [0.5, 0.6) is 0 Å². The van der Waals surface area contributed by atoms with E-state index in [0.29, 0.717) is 0 Å². The van der Waals surface area contributed by atoms with Crippen molar-refractivity contribution in [2.45, 2.75) is 45.7 Å². The van der Waals surface area contributed by atoms with Gasteiger partial charge in [0.25, 0.3) is 0 Å². The molecule has 0 bridgehead atoms. The van der Waals surface area contributed by atoms with Crippen LogP contribution in [0.4, 0.5) is 0 Å². The first-order valence-corrected chi connectivity index (χ1v) is 12.0. The molecular weight excluding hydrogens is 164 g/mol. The first kappa shape index (κ1) is 11.2. The SMILES string of the molecule is C=C(C)C[Si](C)(C)[Si](C)(C)C. The molecule has 0 aliphatic carbocycles. The quantitative estimate of drug-likeness (QED) is 0.466. The summed E-state index contributed by atoms with van der Waals surface area (Å²) >= 11 is 0. The highest BCUT2D eigenvalue weighted by Crippen LogP contribution is 2.25. The lowest BCUT2D eigenvalue weighted by Crippen LogP contribution is -2.52. The summed E-state index contributed by atoms with van der Waals surface area (Å²) in [6.07, 6.45) is 0. The van der Waals surface area contributed by atoms with Crippen LogP contribution in [0.15, 0.2) is 12.2 Å². The summed E-state index contributed by atoms with van der Waals surface area (Å²) in [6.45, 7) is 18.7. The molecule has 0 aromatic heterocycles. The lowest BCUT2D eigenvalue weighted by molar-refractivity contribution is 1.35. The van der Waals surface area contributed by atoms with Gasteiger partial charge >= 0.3 is 0 Å². The molecule has 0 aliphatic rings. The van der Waals surface area contributed by atoms with Gasteiger partial charge in [0.1, 0.15) is 0 Å². The Bertz CT molecular complexity index is 151. The zero-order chi connectivity index (χ0) is 9.28. The Morgan fingerprint density at radius 2 is 1.45 bits per heavy atom. The molecule has 0 saturated carbocycles. The van der Waals surface area contributed by atoms with E-state index < -0.39 is 15.2 Å². The molecule has 66 valence electrons. The minimum atomic E-state index is -0.929. The average Bonchev–Trinajstić information content (AvgIpc) is 1.56. The van der Waals surface area contributed by atoms with E-state index in [2.05, 4.69) is 46.2 Å². The molecule has 0 spiro atoms. The lowest BCUT2D eigenvalue weighted by atomic mass is 10.4. The fraction of sp³-hybridized carbons (Fsp3) is 0.778. The van der Waals surface area contributed by atoms with Crippen LogP contribution in [0.1, 0.15) is 6.92 Å². The standard InChI is InChI=1S/C9H22Si2/c1-9(2)8-11(6,7)10(3,4)5/h1,8H2,2-7H3. The molecule has 0 radical (unpaired) electrons. The van der Waals surface area contributed by atoms with Crippen LogP contribution in [-0.4, -0.2) is 15.2 Å². The molecule has 2 heteroatoms. The minimum Gasteiger partial charge on any atom is -0.100 e. The number of hydrogen-bond acceptors (Lipinski definition) is 0. The van der Waals surface area contributed by atoms with Crippen molar-refractivity contribution in [1.82, 2.24) is 0 Å². The van der Waals surface area contributed by atoms with Crippen LogP contribution >= 0.6 is 0 Å². The van der Waals surface area contributed by atoms with E-state index in [1.807, 2.05) is 0 Å². The van der Waals surface area contributed by atoms with Gasteiger partial charge in [-0.2, -0.15) is 0 Å². The van der Waals surface area contributed by atoms with Gasteiger partial charge in [0.2, 0.25) is 0 Å². The topological polar surface area (TPSA) is 0 Å². The monoisotopic (exact) mass is 186 g/mol. The molecule has 0 nitrogen and oxygen atoms in total. The van der Waals surface area contributed by atoms with Gasteiger partial charge < -0.3 is 0 Å². The smallest absolute Gasteiger partial charge is 0.0450 e. The number of rotatable bonds is 3. The Morgan fingerprint density at radius 3 is 1.55 bits per heavy atom. The van der Waals surface area contributed by atoms with Gasteiger partial charge in [0, 0.05) is 15.2 Å². The van der Waals surface area contributed by atoms with Crippen molar-refractivity contribution in [1.29, 1.82) is 0 Å². The maximum Gasteiger partial charge on any atom is 0.0450 e. The zero-order valence-electron chi connectivity index (χ0n) is 8.91. The number of hydrogen-bond donors (Lipinski definition) is 0. The predicted octanol–water partition coefficient (Wildman–Crippen LogP) is 3.69. The van der Waals surface area contributed by atoms with Crippen LogP contribution in [0, 0.1) is 0 Å². The molecule has 0 rings (SSSR count). The molecule has 0 N–H and O–H groups in total. The molecule has 0 amide bonds. The summed E-state index contributed by atoms with van der Waals surface area (Å²) in [5.41, 5.74) is 1.38. The highest BCUT2D eigenvalue weighted by Gasteiger charge is 2.35. The third-order valence-electron chi connectivity index (χ3n) is 2.77. The normalized spacial score (nSPS) is 13.3. The molecule has 0 aromatic carbocycles. The summed E-state index contributed by atoms with van der Waals surface area (Å²) in [5, 5.41) is 0. The molecule has 11 heavy (non-hydrogen) atoms. The molecule has 0 saturated heterocycles. The Kier molecular flexibility index (Phi) is 3.32. The van der Waals surface area contributed by atoms with Crippen LogP contribution in [0.3, 0.4) is 0 Å². The third kappa shape index (κ3) is 3.38. The maximum absolute atomic E-state index is 4.01. The molecule has 0 fully saturated rings. The summed E-state index contributed by atoms with van der Waals surface area (Å²) in [5.74, 6) is 0. The molecule has 0 unspecified atom stereocenters. The van der Waals surface area contributed by atoms with Crippen LogP contribution in [-0.2, 0) is 0 Å². The molecular formula is C9H22Si2. The third-order valence-corrected chi connectivity index (χ3v) is 21.0. The van der Waals surface area contributed by atoms with E-state index >= 15 is 0 Å². The van der Waals surface area contributed by atoms with Gasteiger partial charge in [-0.05, 0) is 13.0 Å². The van der Waals surface area contributed by atoms with Crippen LogP contribution in [0.2, 0.25) is 38.8 Å². The molecule has 0 aliphatic heterocycles. The summed E-state index contributed by atoms with van der Waals surface area (Å²) < 4.78 is 0. The largest absolute Gasteiger partial charge is 0.100 e. The van der Waals surface area contributed by atoms with Gasteiger partial charge in [-0.25, -0.2) is 0 Å². The van der Waals surface area contributed by atoms with Crippen molar-refractivity contribution in [3.05, 3.63) is 12.2 Å². The first-order chi connectivity index (χ1) is 4.67. The van der Waals surface area contributed by atoms with Gasteiger partial charge in [0.15, 0.2) is 0 Å². The van der Waals surface area contributed by atoms with Crippen molar-refractivity contribution < 1.29 is 0 Å². The Morgan fingerprint density at radius 1 is 1.09 bits per heavy atom. The van der Waals surface area contributed by atoms with E-state index in [0.717, 1.165) is 0 Å². The molecule has 0 atom stereocenters. The fourth-order valence-electron chi connectivity index (χ4n) is 1.02. The van der Waals surface area contributed by atoms with E-state index in [9.17, 15) is 0 Å². The Labute approximate surface area is 73.5 Å². The van der Waals surface area contributed by atoms with Crippen molar-refractivity contribution in [2.24, 2.45) is 0 Å². The van der Waals surface area contributed by atoms with Crippen molar-refractivity contribution >= 4 is 15.2 Å². The van der Waals surface area contributed by atoms with E-state index in [1.165, 1.54) is 11.6 Å². The zero-order valence-corrected chi connectivity index (χ0v) is 10.9. The molecule has 0 aromatic rings. The van der Waals surface area contributed by atoms with Gasteiger partial charge in [-0.15, -0.1) is 6.58 Å². The lowest BCUT2D eigenvalue weighted by Gasteiger charge is -2.35. The second-order valence-electron chi connectivity index (χ2n) is 5.27. The molecule has 0 heterocycles. The Balaban J connectivity index is 4.34. The summed E-state index contributed by atoms with van der Waals surface area (Å²) in [4.78, 5) is 0. The predicted molar refractivity (Wildman–Crippen MR) is 60.4 cm³/mol. The first-order valence-electron chi connectivity index (χ1n) is 4.31. The summed E-state index contributed by atoms with van der Waals surface area (Å²) in [6, 6.07) is 1.32. The maximum atomic E-state index is 4.01. The van der Waals surface area contributed by atoms with Crippen molar-refractivity contribution in [2.75, 3.05) is 0 Å². The van der Waals surface area contributed by atoms with Crippen molar-refractivity contribution in [3.63, 3.8) is 0 Å². The number of allylic oxidation sites excluding steroid dienone is 1. The Hall–Kier alpha value is 0.174. The van der Waals surface area contributed by atoms with Gasteiger partial charge in [0.05, 0.1) is 0 Å². The highest BCUT2D eigenvalue weighted by molar-refractivity contribution is 7.40. The van der Waals surface area contributed by atoms with Crippen LogP contribution < -0.4 is 0 Å². The van der Waals surface area contributed by atoms with Gasteiger partial charge in [-0.1, -0.05) is 38.3 Å².